The van der Waals surface area contributed by atoms with E-state index in [-0.39, 0.29) is 0 Å². The highest BCUT2D eigenvalue weighted by atomic mass is 14.9. The van der Waals surface area contributed by atoms with Gasteiger partial charge in [-0.25, -0.2) is 0 Å². The van der Waals surface area contributed by atoms with E-state index in [1.54, 1.807) is 0 Å². The lowest BCUT2D eigenvalue weighted by molar-refractivity contribution is 0.380. The fourth-order valence-corrected chi connectivity index (χ4v) is 0.744. The summed E-state index contributed by atoms with van der Waals surface area (Å²) < 4.78 is 0. The molecule has 1 nitrogen and oxygen atoms in total. The molecular formula is C15H35N. The topological polar surface area (TPSA) is 12.0 Å². The van der Waals surface area contributed by atoms with Crippen molar-refractivity contribution in [3.8, 4) is 0 Å². The number of nitrogens with one attached hydrogen (secondary N) is 1. The molecule has 0 aliphatic rings. The molecule has 0 radical (unpaired) electrons. The Hall–Kier alpha value is -0.300. The van der Waals surface area contributed by atoms with Crippen LogP contribution in [0.25, 0.3) is 0 Å². The van der Waals surface area contributed by atoms with Gasteiger partial charge in [-0.3, -0.25) is 0 Å². The van der Waals surface area contributed by atoms with Crippen LogP contribution in [0.4, 0.5) is 0 Å². The van der Waals surface area contributed by atoms with E-state index in [1.165, 1.54) is 25.7 Å². The molecule has 0 spiro atoms. The summed E-state index contributed by atoms with van der Waals surface area (Å²) in [5.74, 6) is 0. The second-order valence-electron chi connectivity index (χ2n) is 4.64. The van der Waals surface area contributed by atoms with Gasteiger partial charge in [0.2, 0.25) is 0 Å². The molecule has 100 valence electrons. The van der Waals surface area contributed by atoms with Gasteiger partial charge < -0.3 is 5.32 Å². The first kappa shape index (κ1) is 21.0. The first-order chi connectivity index (χ1) is 7.45. The van der Waals surface area contributed by atoms with Gasteiger partial charge >= 0.3 is 0 Å². The van der Waals surface area contributed by atoms with Gasteiger partial charge in [0.05, 0.1) is 0 Å². The Balaban J connectivity index is -0.000000201. The highest BCUT2D eigenvalue weighted by molar-refractivity contribution is 4.73. The average Bonchev–Trinajstić information content (AvgIpc) is 2.28. The summed E-state index contributed by atoms with van der Waals surface area (Å²) in [4.78, 5) is 0. The van der Waals surface area contributed by atoms with E-state index >= 15 is 0 Å². The van der Waals surface area contributed by atoms with Crippen molar-refractivity contribution in [1.82, 2.24) is 5.32 Å². The fraction of sp³-hybridized carbons (Fsp3) is 0.867. The van der Waals surface area contributed by atoms with E-state index in [1.807, 2.05) is 13.1 Å². The van der Waals surface area contributed by atoms with Gasteiger partial charge in [-0.05, 0) is 33.7 Å². The van der Waals surface area contributed by atoms with Crippen molar-refractivity contribution in [2.45, 2.75) is 79.2 Å². The molecular weight excluding hydrogens is 194 g/mol. The predicted octanol–water partition coefficient (Wildman–Crippen LogP) is 5.17. The molecule has 0 aromatic rings. The van der Waals surface area contributed by atoms with Crippen LogP contribution in [0.5, 0.6) is 0 Å². The second kappa shape index (κ2) is 17.1. The summed E-state index contributed by atoms with van der Waals surface area (Å²) >= 11 is 0. The Labute approximate surface area is 105 Å². The van der Waals surface area contributed by atoms with Crippen LogP contribution in [-0.2, 0) is 0 Å². The molecule has 0 aromatic heterocycles. The third-order valence-electron chi connectivity index (χ3n) is 2.12. The largest absolute Gasteiger partial charge is 0.315 e. The summed E-state index contributed by atoms with van der Waals surface area (Å²) in [7, 11) is 2.02. The van der Waals surface area contributed by atoms with Crippen LogP contribution in [0.1, 0.15) is 73.6 Å². The fourth-order valence-electron chi connectivity index (χ4n) is 0.744. The van der Waals surface area contributed by atoms with Gasteiger partial charge in [-0.1, -0.05) is 53.0 Å². The van der Waals surface area contributed by atoms with Gasteiger partial charge in [-0.15, -0.1) is 6.58 Å². The van der Waals surface area contributed by atoms with Crippen molar-refractivity contribution in [1.29, 1.82) is 0 Å². The van der Waals surface area contributed by atoms with E-state index in [4.69, 9.17) is 0 Å². The zero-order chi connectivity index (χ0) is 13.4. The van der Waals surface area contributed by atoms with Crippen molar-refractivity contribution < 1.29 is 0 Å². The summed E-state index contributed by atoms with van der Waals surface area (Å²) in [6, 6.07) is 0. The normalized spacial score (nSPS) is 9.44. The van der Waals surface area contributed by atoms with Gasteiger partial charge in [-0.2, -0.15) is 0 Å². The van der Waals surface area contributed by atoms with E-state index < -0.39 is 0 Å². The average molecular weight is 229 g/mol. The minimum atomic E-state index is 0.343. The van der Waals surface area contributed by atoms with Crippen molar-refractivity contribution >= 4 is 0 Å². The number of hydrogen-bond donors (Lipinski definition) is 1. The zero-order valence-electron chi connectivity index (χ0n) is 12.8. The maximum atomic E-state index is 3.48. The molecule has 0 fully saturated rings. The maximum absolute atomic E-state index is 3.48. The highest BCUT2D eigenvalue weighted by Crippen LogP contribution is 2.10. The Morgan fingerprint density at radius 3 is 1.69 bits per heavy atom. The molecule has 0 bridgehead atoms. The van der Waals surface area contributed by atoms with Crippen LogP contribution in [0.15, 0.2) is 12.7 Å². The third-order valence-corrected chi connectivity index (χ3v) is 2.12. The number of unbranched alkanes of at least 4 members (excludes halogenated alkanes) is 1. The molecule has 1 N–H and O–H groups in total. The third kappa shape index (κ3) is 29.2. The first-order valence-corrected chi connectivity index (χ1v) is 6.75. The Morgan fingerprint density at radius 1 is 1.12 bits per heavy atom. The van der Waals surface area contributed by atoms with Crippen molar-refractivity contribution in [3.63, 3.8) is 0 Å². The summed E-state index contributed by atoms with van der Waals surface area (Å²) in [6.07, 6.45) is 8.11. The van der Waals surface area contributed by atoms with E-state index in [9.17, 15) is 0 Å². The van der Waals surface area contributed by atoms with Gasteiger partial charge in [0.25, 0.3) is 0 Å². The molecule has 0 aromatic carbocycles. The lowest BCUT2D eigenvalue weighted by Gasteiger charge is -2.23. The molecule has 0 unspecified atom stereocenters. The minimum absolute atomic E-state index is 0.343. The SMILES string of the molecule is C=CCC.CCC.CCCCC(C)(C)NC. The second-order valence-corrected chi connectivity index (χ2v) is 4.64. The van der Waals surface area contributed by atoms with Crippen LogP contribution >= 0.6 is 0 Å². The smallest absolute Gasteiger partial charge is 0.0122 e. The Bertz CT molecular complexity index is 117. The standard InChI is InChI=1S/C8H19N.C4H8.C3H8/c1-5-6-7-8(2,3)9-4;1-3-4-2;1-3-2/h9H,5-7H2,1-4H3;3H,1,4H2,2H3;3H2,1-2H3. The monoisotopic (exact) mass is 229 g/mol. The highest BCUT2D eigenvalue weighted by Gasteiger charge is 2.12. The van der Waals surface area contributed by atoms with Crippen molar-refractivity contribution in [2.24, 2.45) is 0 Å². The molecule has 16 heavy (non-hydrogen) atoms. The predicted molar refractivity (Wildman–Crippen MR) is 79.1 cm³/mol. The Morgan fingerprint density at radius 2 is 1.50 bits per heavy atom. The molecule has 0 rings (SSSR count). The molecule has 0 aliphatic carbocycles. The summed E-state index contributed by atoms with van der Waals surface area (Å²) in [6.45, 7) is 16.5. The van der Waals surface area contributed by atoms with E-state index in [0.717, 1.165) is 6.42 Å². The molecule has 0 saturated carbocycles. The van der Waals surface area contributed by atoms with Gasteiger partial charge in [0, 0.05) is 5.54 Å². The maximum Gasteiger partial charge on any atom is 0.0122 e. The molecule has 0 aliphatic heterocycles. The van der Waals surface area contributed by atoms with Gasteiger partial charge in [0.1, 0.15) is 0 Å². The zero-order valence-corrected chi connectivity index (χ0v) is 12.8. The van der Waals surface area contributed by atoms with Crippen LogP contribution in [0, 0.1) is 0 Å². The number of rotatable bonds is 5. The number of allylic oxidation sites excluding steroid dienone is 1. The minimum Gasteiger partial charge on any atom is -0.315 e. The number of hydrogen-bond acceptors (Lipinski definition) is 1. The first-order valence-electron chi connectivity index (χ1n) is 6.75. The van der Waals surface area contributed by atoms with Crippen molar-refractivity contribution in [2.75, 3.05) is 7.05 Å². The van der Waals surface area contributed by atoms with Crippen LogP contribution in [0.3, 0.4) is 0 Å². The molecule has 0 saturated heterocycles. The lowest BCUT2D eigenvalue weighted by atomic mass is 9.98. The van der Waals surface area contributed by atoms with Gasteiger partial charge in [0.15, 0.2) is 0 Å². The van der Waals surface area contributed by atoms with Crippen LogP contribution in [0.2, 0.25) is 0 Å². The van der Waals surface area contributed by atoms with Crippen LogP contribution < -0.4 is 5.32 Å². The van der Waals surface area contributed by atoms with Crippen LogP contribution in [-0.4, -0.2) is 12.6 Å². The summed E-state index contributed by atoms with van der Waals surface area (Å²) in [5.41, 5.74) is 0.343. The van der Waals surface area contributed by atoms with Crippen molar-refractivity contribution in [3.05, 3.63) is 12.7 Å². The Kier molecular flexibility index (Phi) is 22.5. The quantitative estimate of drug-likeness (QED) is 0.641. The summed E-state index contributed by atoms with van der Waals surface area (Å²) in [5, 5.41) is 3.28. The molecule has 0 amide bonds. The lowest BCUT2D eigenvalue weighted by Crippen LogP contribution is -2.35. The molecule has 0 atom stereocenters. The van der Waals surface area contributed by atoms with E-state index in [2.05, 4.69) is 53.4 Å². The molecule has 1 heteroatoms. The van der Waals surface area contributed by atoms with E-state index in [0.29, 0.717) is 5.54 Å². The molecule has 0 heterocycles.